The Morgan fingerprint density at radius 1 is 1.07 bits per heavy atom. The second-order valence-electron chi connectivity index (χ2n) is 5.65. The second kappa shape index (κ2) is 7.34. The molecule has 2 N–H and O–H groups in total. The molecule has 0 aliphatic heterocycles. The van der Waals surface area contributed by atoms with Crippen LogP contribution >= 0.6 is 27.3 Å². The summed E-state index contributed by atoms with van der Waals surface area (Å²) in [5.74, 6) is -0.516. The van der Waals surface area contributed by atoms with Gasteiger partial charge in [0.1, 0.15) is 0 Å². The van der Waals surface area contributed by atoms with Gasteiger partial charge in [-0.05, 0) is 42.0 Å². The van der Waals surface area contributed by atoms with Crippen LogP contribution in [0, 0.1) is 0 Å². The minimum absolute atomic E-state index is 0.200. The maximum absolute atomic E-state index is 12.6. The molecule has 27 heavy (non-hydrogen) atoms. The van der Waals surface area contributed by atoms with E-state index in [9.17, 15) is 9.59 Å². The average molecular weight is 442 g/mol. The zero-order chi connectivity index (χ0) is 18.8. The highest BCUT2D eigenvalue weighted by Gasteiger charge is 2.12. The lowest BCUT2D eigenvalue weighted by molar-refractivity contribution is 0.103. The smallest absolute Gasteiger partial charge is 0.321 e. The Labute approximate surface area is 166 Å². The number of carbonyl (C=O) groups is 1. The molecule has 0 saturated heterocycles. The van der Waals surface area contributed by atoms with E-state index < -0.39 is 5.76 Å². The summed E-state index contributed by atoms with van der Waals surface area (Å²) < 4.78 is 5.52. The summed E-state index contributed by atoms with van der Waals surface area (Å²) in [4.78, 5) is 27.8. The normalized spacial score (nSPS) is 10.7. The zero-order valence-electron chi connectivity index (χ0n) is 13.7. The zero-order valence-corrected chi connectivity index (χ0v) is 16.1. The van der Waals surface area contributed by atoms with Gasteiger partial charge in [-0.25, -0.2) is 4.79 Å². The van der Waals surface area contributed by atoms with Crippen LogP contribution in [-0.2, 0) is 0 Å². The van der Waals surface area contributed by atoms with E-state index in [2.05, 4.69) is 35.9 Å². The fourth-order valence-electron chi connectivity index (χ4n) is 2.52. The molecule has 0 bridgehead atoms. The number of halogens is 1. The Morgan fingerprint density at radius 3 is 2.63 bits per heavy atom. The third-order valence-corrected chi connectivity index (χ3v) is 5.45. The first kappa shape index (κ1) is 17.4. The minimum atomic E-state index is -0.626. The van der Waals surface area contributed by atoms with E-state index in [-0.39, 0.29) is 5.91 Å². The van der Waals surface area contributed by atoms with Crippen molar-refractivity contribution in [2.75, 3.05) is 5.32 Å². The van der Waals surface area contributed by atoms with Gasteiger partial charge in [0.25, 0.3) is 5.91 Å². The van der Waals surface area contributed by atoms with E-state index in [1.807, 2.05) is 30.3 Å². The first-order chi connectivity index (χ1) is 13.1. The summed E-state index contributed by atoms with van der Waals surface area (Å²) in [7, 11) is 0. The molecule has 2 heterocycles. The van der Waals surface area contributed by atoms with Crippen LogP contribution in [-0.4, -0.2) is 16.0 Å². The molecule has 0 atom stereocenters. The molecule has 0 saturated carbocycles. The predicted molar refractivity (Wildman–Crippen MR) is 108 cm³/mol. The van der Waals surface area contributed by atoms with E-state index in [4.69, 9.17) is 0 Å². The summed E-state index contributed by atoms with van der Waals surface area (Å²) in [6.07, 6.45) is 0. The van der Waals surface area contributed by atoms with Gasteiger partial charge in [-0.2, -0.15) is 0 Å². The van der Waals surface area contributed by atoms with Crippen molar-refractivity contribution < 1.29 is 9.32 Å². The van der Waals surface area contributed by atoms with Crippen LogP contribution in [0.2, 0.25) is 0 Å². The summed E-state index contributed by atoms with van der Waals surface area (Å²) in [5, 5.41) is 6.51. The molecule has 6 nitrogen and oxygen atoms in total. The standard InChI is InChI=1S/C19H12BrN3O3S/c20-13-6-4-11(5-7-13)15-8-9-16(27-15)18(24)21-14-3-1-2-12(10-14)17-22-19(25)26-23-17/h1-10H,(H,21,24)(H,22,23,25). The third-order valence-electron chi connectivity index (χ3n) is 3.79. The van der Waals surface area contributed by atoms with Crippen molar-refractivity contribution in [3.05, 3.63) is 80.6 Å². The molecule has 0 unspecified atom stereocenters. The maximum atomic E-state index is 12.6. The number of hydrogen-bond acceptors (Lipinski definition) is 5. The Kier molecular flexibility index (Phi) is 4.74. The van der Waals surface area contributed by atoms with Crippen LogP contribution in [0.3, 0.4) is 0 Å². The Morgan fingerprint density at radius 2 is 1.89 bits per heavy atom. The van der Waals surface area contributed by atoms with Crippen molar-refractivity contribution in [2.45, 2.75) is 0 Å². The van der Waals surface area contributed by atoms with Crippen molar-refractivity contribution in [1.29, 1.82) is 0 Å². The lowest BCUT2D eigenvalue weighted by Gasteiger charge is -2.05. The van der Waals surface area contributed by atoms with Crippen molar-refractivity contribution >= 4 is 38.9 Å². The number of thiophene rings is 1. The predicted octanol–water partition coefficient (Wildman–Crippen LogP) is 4.77. The Balaban J connectivity index is 1.53. The van der Waals surface area contributed by atoms with E-state index in [1.165, 1.54) is 11.3 Å². The van der Waals surface area contributed by atoms with Crippen LogP contribution in [0.15, 0.2) is 74.5 Å². The van der Waals surface area contributed by atoms with Crippen LogP contribution in [0.1, 0.15) is 9.67 Å². The lowest BCUT2D eigenvalue weighted by atomic mass is 10.2. The van der Waals surface area contributed by atoms with E-state index in [0.717, 1.165) is 14.9 Å². The topological polar surface area (TPSA) is 88.0 Å². The van der Waals surface area contributed by atoms with Crippen molar-refractivity contribution in [2.24, 2.45) is 0 Å². The SMILES string of the molecule is O=C(Nc1cccc(-c2noc(=O)[nH]2)c1)c1ccc(-c2ccc(Br)cc2)s1. The highest BCUT2D eigenvalue weighted by molar-refractivity contribution is 9.10. The van der Waals surface area contributed by atoms with Gasteiger partial charge < -0.3 is 5.32 Å². The van der Waals surface area contributed by atoms with Gasteiger partial charge in [0.2, 0.25) is 0 Å². The van der Waals surface area contributed by atoms with Crippen LogP contribution in [0.5, 0.6) is 0 Å². The molecule has 8 heteroatoms. The third kappa shape index (κ3) is 3.91. The monoisotopic (exact) mass is 441 g/mol. The number of nitrogens with zero attached hydrogens (tertiary/aromatic N) is 1. The number of aromatic amines is 1. The number of anilines is 1. The number of carbonyl (C=O) groups excluding carboxylic acids is 1. The lowest BCUT2D eigenvalue weighted by Crippen LogP contribution is -2.10. The fraction of sp³-hybridized carbons (Fsp3) is 0. The Bertz CT molecular complexity index is 1160. The van der Waals surface area contributed by atoms with Gasteiger partial charge in [-0.15, -0.1) is 11.3 Å². The molecule has 2 aromatic carbocycles. The minimum Gasteiger partial charge on any atom is -0.321 e. The highest BCUT2D eigenvalue weighted by Crippen LogP contribution is 2.29. The summed E-state index contributed by atoms with van der Waals surface area (Å²) in [6, 6.07) is 18.7. The highest BCUT2D eigenvalue weighted by atomic mass is 79.9. The molecule has 4 aromatic rings. The van der Waals surface area contributed by atoms with E-state index >= 15 is 0 Å². The van der Waals surface area contributed by atoms with Crippen LogP contribution in [0.25, 0.3) is 21.8 Å². The molecule has 0 aliphatic rings. The second-order valence-corrected chi connectivity index (χ2v) is 7.65. The van der Waals surface area contributed by atoms with Gasteiger partial charge >= 0.3 is 5.76 Å². The number of aromatic nitrogens is 2. The van der Waals surface area contributed by atoms with E-state index in [0.29, 0.717) is 22.0 Å². The van der Waals surface area contributed by atoms with Crippen molar-refractivity contribution in [1.82, 2.24) is 10.1 Å². The largest absolute Gasteiger partial charge is 0.439 e. The van der Waals surface area contributed by atoms with Crippen LogP contribution < -0.4 is 11.1 Å². The van der Waals surface area contributed by atoms with Gasteiger partial charge in [-0.3, -0.25) is 14.3 Å². The molecule has 0 spiro atoms. The average Bonchev–Trinajstić information content (AvgIpc) is 3.32. The van der Waals surface area contributed by atoms with Gasteiger partial charge in [-0.1, -0.05) is 45.4 Å². The molecular weight excluding hydrogens is 430 g/mol. The molecular formula is C19H12BrN3O3S. The summed E-state index contributed by atoms with van der Waals surface area (Å²) in [6.45, 7) is 0. The van der Waals surface area contributed by atoms with Crippen molar-refractivity contribution in [3.63, 3.8) is 0 Å². The molecule has 0 aliphatic carbocycles. The first-order valence-corrected chi connectivity index (χ1v) is 9.53. The summed E-state index contributed by atoms with van der Waals surface area (Å²) in [5.41, 5.74) is 2.29. The first-order valence-electron chi connectivity index (χ1n) is 7.92. The quantitative estimate of drug-likeness (QED) is 0.477. The number of amides is 1. The van der Waals surface area contributed by atoms with Crippen molar-refractivity contribution in [3.8, 4) is 21.8 Å². The maximum Gasteiger partial charge on any atom is 0.439 e. The molecule has 0 fully saturated rings. The Hall–Kier alpha value is -2.97. The molecule has 1 amide bonds. The van der Waals surface area contributed by atoms with E-state index in [1.54, 1.807) is 30.3 Å². The molecule has 2 aromatic heterocycles. The summed E-state index contributed by atoms with van der Waals surface area (Å²) >= 11 is 4.84. The molecule has 134 valence electrons. The number of hydrogen-bond donors (Lipinski definition) is 2. The number of H-pyrrole nitrogens is 1. The number of nitrogens with one attached hydrogen (secondary N) is 2. The number of benzene rings is 2. The van der Waals surface area contributed by atoms with Gasteiger partial charge in [0.05, 0.1) is 4.88 Å². The van der Waals surface area contributed by atoms with Gasteiger partial charge in [0.15, 0.2) is 5.82 Å². The molecule has 0 radical (unpaired) electrons. The number of rotatable bonds is 4. The molecule has 4 rings (SSSR count). The van der Waals surface area contributed by atoms with Crippen LogP contribution in [0.4, 0.5) is 5.69 Å². The fourth-order valence-corrected chi connectivity index (χ4v) is 3.69. The van der Waals surface area contributed by atoms with Gasteiger partial charge in [0, 0.05) is 20.6 Å².